The van der Waals surface area contributed by atoms with Crippen LogP contribution in [0.5, 0.6) is 5.75 Å². The number of benzene rings is 1. The number of piperazine rings is 1. The molecule has 0 N–H and O–H groups in total. The third-order valence-electron chi connectivity index (χ3n) is 6.57. The third kappa shape index (κ3) is 4.34. The van der Waals surface area contributed by atoms with Crippen molar-refractivity contribution in [1.82, 2.24) is 9.80 Å². The molecular formula is C22H28N2O6S. The number of carbonyl (C=O) groups is 1. The van der Waals surface area contributed by atoms with Gasteiger partial charge in [0.15, 0.2) is 16.4 Å². The van der Waals surface area contributed by atoms with Crippen LogP contribution in [0.4, 0.5) is 0 Å². The predicted octanol–water partition coefficient (Wildman–Crippen LogP) is 1.43. The number of rotatable bonds is 4. The SMILES string of the molecule is Cc1c(C)c2ccc(OCC(=O)N3CCN(C4CCS(=O)(=O)C4)CC3)c(C)c2oc1=O. The molecule has 1 amide bonds. The first-order chi connectivity index (χ1) is 14.7. The molecule has 0 aliphatic carbocycles. The van der Waals surface area contributed by atoms with Gasteiger partial charge in [-0.2, -0.15) is 0 Å². The Morgan fingerprint density at radius 1 is 1.10 bits per heavy atom. The van der Waals surface area contributed by atoms with Gasteiger partial charge in [0.1, 0.15) is 11.3 Å². The van der Waals surface area contributed by atoms with Crippen LogP contribution in [0.3, 0.4) is 0 Å². The van der Waals surface area contributed by atoms with Crippen LogP contribution in [0.2, 0.25) is 0 Å². The second-order valence-corrected chi connectivity index (χ2v) is 10.7. The number of carbonyl (C=O) groups excluding carboxylic acids is 1. The average molecular weight is 449 g/mol. The van der Waals surface area contributed by atoms with E-state index in [2.05, 4.69) is 4.90 Å². The van der Waals surface area contributed by atoms with Crippen molar-refractivity contribution in [2.45, 2.75) is 33.2 Å². The Kier molecular flexibility index (Phi) is 5.83. The summed E-state index contributed by atoms with van der Waals surface area (Å²) < 4.78 is 34.7. The van der Waals surface area contributed by atoms with E-state index in [0.29, 0.717) is 55.1 Å². The van der Waals surface area contributed by atoms with Crippen LogP contribution < -0.4 is 10.4 Å². The molecule has 1 aromatic carbocycles. The first-order valence-electron chi connectivity index (χ1n) is 10.5. The maximum Gasteiger partial charge on any atom is 0.339 e. The molecule has 31 heavy (non-hydrogen) atoms. The predicted molar refractivity (Wildman–Crippen MR) is 117 cm³/mol. The first kappa shape index (κ1) is 21.8. The highest BCUT2D eigenvalue weighted by Gasteiger charge is 2.34. The lowest BCUT2D eigenvalue weighted by Gasteiger charge is -2.37. The van der Waals surface area contributed by atoms with Gasteiger partial charge in [-0.1, -0.05) is 0 Å². The molecule has 0 radical (unpaired) electrons. The number of fused-ring (bicyclic) bond motifs is 1. The summed E-state index contributed by atoms with van der Waals surface area (Å²) in [5.41, 5.74) is 2.28. The minimum Gasteiger partial charge on any atom is -0.483 e. The zero-order valence-corrected chi connectivity index (χ0v) is 19.0. The van der Waals surface area contributed by atoms with Gasteiger partial charge >= 0.3 is 5.63 Å². The highest BCUT2D eigenvalue weighted by molar-refractivity contribution is 7.91. The fourth-order valence-corrected chi connectivity index (χ4v) is 6.17. The van der Waals surface area contributed by atoms with Gasteiger partial charge in [-0.3, -0.25) is 9.69 Å². The quantitative estimate of drug-likeness (QED) is 0.653. The molecule has 0 bridgehead atoms. The van der Waals surface area contributed by atoms with Crippen LogP contribution in [0.15, 0.2) is 21.3 Å². The Morgan fingerprint density at radius 2 is 1.81 bits per heavy atom. The summed E-state index contributed by atoms with van der Waals surface area (Å²) in [6, 6.07) is 3.72. The molecule has 2 saturated heterocycles. The topological polar surface area (TPSA) is 97.1 Å². The summed E-state index contributed by atoms with van der Waals surface area (Å²) >= 11 is 0. The highest BCUT2D eigenvalue weighted by Crippen LogP contribution is 2.29. The number of hydrogen-bond acceptors (Lipinski definition) is 7. The molecule has 9 heteroatoms. The van der Waals surface area contributed by atoms with Crippen molar-refractivity contribution >= 4 is 26.7 Å². The summed E-state index contributed by atoms with van der Waals surface area (Å²) in [5.74, 6) is 0.886. The second-order valence-electron chi connectivity index (χ2n) is 8.47. The van der Waals surface area contributed by atoms with Crippen LogP contribution >= 0.6 is 0 Å². The van der Waals surface area contributed by atoms with E-state index in [0.717, 1.165) is 10.9 Å². The van der Waals surface area contributed by atoms with Crippen molar-refractivity contribution < 1.29 is 22.4 Å². The molecule has 1 aromatic heterocycles. The largest absolute Gasteiger partial charge is 0.483 e. The molecule has 1 unspecified atom stereocenters. The van der Waals surface area contributed by atoms with E-state index in [1.165, 1.54) is 0 Å². The van der Waals surface area contributed by atoms with Gasteiger partial charge in [-0.15, -0.1) is 0 Å². The number of nitrogens with zero attached hydrogens (tertiary/aromatic N) is 2. The van der Waals surface area contributed by atoms with E-state index in [-0.39, 0.29) is 35.7 Å². The zero-order chi connectivity index (χ0) is 22.3. The van der Waals surface area contributed by atoms with Crippen LogP contribution in [-0.2, 0) is 14.6 Å². The van der Waals surface area contributed by atoms with E-state index in [9.17, 15) is 18.0 Å². The van der Waals surface area contributed by atoms with Crippen molar-refractivity contribution in [2.24, 2.45) is 0 Å². The van der Waals surface area contributed by atoms with Gasteiger partial charge < -0.3 is 14.1 Å². The van der Waals surface area contributed by atoms with Crippen molar-refractivity contribution in [3.63, 3.8) is 0 Å². The van der Waals surface area contributed by atoms with Crippen molar-refractivity contribution in [3.8, 4) is 5.75 Å². The summed E-state index contributed by atoms with van der Waals surface area (Å²) in [7, 11) is -2.91. The molecule has 8 nitrogen and oxygen atoms in total. The van der Waals surface area contributed by atoms with Crippen LogP contribution in [-0.4, -0.2) is 74.5 Å². The van der Waals surface area contributed by atoms with Gasteiger partial charge in [0.05, 0.1) is 11.5 Å². The molecule has 0 saturated carbocycles. The lowest BCUT2D eigenvalue weighted by atomic mass is 10.0. The summed E-state index contributed by atoms with van der Waals surface area (Å²) in [5, 5.41) is 0.860. The maximum absolute atomic E-state index is 12.6. The van der Waals surface area contributed by atoms with Gasteiger partial charge in [0.2, 0.25) is 0 Å². The second kappa shape index (κ2) is 8.27. The van der Waals surface area contributed by atoms with Crippen LogP contribution in [0.25, 0.3) is 11.0 Å². The molecule has 3 heterocycles. The standard InChI is InChI=1S/C22H28N2O6S/c1-14-15(2)22(26)30-21-16(3)19(5-4-18(14)21)29-12-20(25)24-9-7-23(8-10-24)17-6-11-31(27,28)13-17/h4-5,17H,6-13H2,1-3H3. The van der Waals surface area contributed by atoms with E-state index >= 15 is 0 Å². The number of aryl methyl sites for hydroxylation is 2. The third-order valence-corrected chi connectivity index (χ3v) is 8.32. The Labute approximate surface area is 181 Å². The van der Waals surface area contributed by atoms with E-state index in [1.54, 1.807) is 17.9 Å². The Bertz CT molecular complexity index is 1180. The maximum atomic E-state index is 12.6. The smallest absolute Gasteiger partial charge is 0.339 e. The van der Waals surface area contributed by atoms with Crippen LogP contribution in [0, 0.1) is 20.8 Å². The zero-order valence-electron chi connectivity index (χ0n) is 18.1. The minimum atomic E-state index is -2.91. The van der Waals surface area contributed by atoms with Gasteiger partial charge in [-0.25, -0.2) is 13.2 Å². The molecule has 2 aromatic rings. The fraction of sp³-hybridized carbons (Fsp3) is 0.545. The Morgan fingerprint density at radius 3 is 2.45 bits per heavy atom. The number of hydrogen-bond donors (Lipinski definition) is 0. The van der Waals surface area contributed by atoms with Gasteiger partial charge in [0.25, 0.3) is 5.91 Å². The molecular weight excluding hydrogens is 420 g/mol. The Hall–Kier alpha value is -2.39. The number of amides is 1. The van der Waals surface area contributed by atoms with Crippen molar-refractivity contribution in [3.05, 3.63) is 39.2 Å². The molecule has 2 aliphatic heterocycles. The summed E-state index contributed by atoms with van der Waals surface area (Å²) in [6.45, 7) is 7.80. The Balaban J connectivity index is 1.37. The lowest BCUT2D eigenvalue weighted by molar-refractivity contribution is -0.135. The normalized spacial score (nSPS) is 21.5. The van der Waals surface area contributed by atoms with Crippen LogP contribution in [0.1, 0.15) is 23.1 Å². The molecule has 1 atom stereocenters. The van der Waals surface area contributed by atoms with Gasteiger partial charge in [0, 0.05) is 48.7 Å². The van der Waals surface area contributed by atoms with Gasteiger partial charge in [-0.05, 0) is 44.9 Å². The van der Waals surface area contributed by atoms with E-state index < -0.39 is 9.84 Å². The molecule has 0 spiro atoms. The molecule has 2 fully saturated rings. The van der Waals surface area contributed by atoms with E-state index in [1.807, 2.05) is 19.9 Å². The average Bonchev–Trinajstić information content (AvgIpc) is 3.12. The lowest BCUT2D eigenvalue weighted by Crippen LogP contribution is -2.53. The molecule has 168 valence electrons. The van der Waals surface area contributed by atoms with Crippen molar-refractivity contribution in [2.75, 3.05) is 44.3 Å². The van der Waals surface area contributed by atoms with E-state index in [4.69, 9.17) is 9.15 Å². The minimum absolute atomic E-state index is 0.0699. The number of sulfone groups is 1. The number of ether oxygens (including phenoxy) is 1. The monoisotopic (exact) mass is 448 g/mol. The molecule has 4 rings (SSSR count). The fourth-order valence-electron chi connectivity index (χ4n) is 4.41. The first-order valence-corrected chi connectivity index (χ1v) is 12.4. The molecule has 2 aliphatic rings. The summed E-state index contributed by atoms with van der Waals surface area (Å²) in [4.78, 5) is 28.6. The summed E-state index contributed by atoms with van der Waals surface area (Å²) in [6.07, 6.45) is 0.676. The highest BCUT2D eigenvalue weighted by atomic mass is 32.2. The van der Waals surface area contributed by atoms with Crippen molar-refractivity contribution in [1.29, 1.82) is 0 Å².